The average molecular weight is 290 g/mol. The molecule has 0 aliphatic rings. The van der Waals surface area contributed by atoms with Gasteiger partial charge in [0.2, 0.25) is 0 Å². The van der Waals surface area contributed by atoms with Gasteiger partial charge in [-0.15, -0.1) is 0 Å². The molecule has 0 saturated carbocycles. The van der Waals surface area contributed by atoms with Crippen molar-refractivity contribution < 1.29 is 23.4 Å². The highest BCUT2D eigenvalue weighted by Gasteiger charge is 2.06. The number of carbonyl (C=O) groups is 1. The summed E-state index contributed by atoms with van der Waals surface area (Å²) in [7, 11) is 1.56. The van der Waals surface area contributed by atoms with Crippen LogP contribution in [0.4, 0.5) is 4.39 Å². The standard InChI is InChI=1S/C16H15FO4/c1-19-15-4-2-3-5-16(15)21-9-8-20-14-7-6-13(17)10-12(14)11-18/h2-7,10-11H,8-9H2,1H3. The Hall–Kier alpha value is -2.56. The van der Waals surface area contributed by atoms with E-state index in [-0.39, 0.29) is 18.8 Å². The zero-order valence-corrected chi connectivity index (χ0v) is 11.5. The predicted molar refractivity (Wildman–Crippen MR) is 75.8 cm³/mol. The Morgan fingerprint density at radius 1 is 1.00 bits per heavy atom. The molecule has 0 atom stereocenters. The van der Waals surface area contributed by atoms with Crippen LogP contribution in [0.25, 0.3) is 0 Å². The van der Waals surface area contributed by atoms with Crippen LogP contribution in [0, 0.1) is 5.82 Å². The molecule has 2 aromatic carbocycles. The fourth-order valence-electron chi connectivity index (χ4n) is 1.78. The summed E-state index contributed by atoms with van der Waals surface area (Å²) in [6.07, 6.45) is 0.555. The maximum atomic E-state index is 13.0. The molecule has 110 valence electrons. The number of ether oxygens (including phenoxy) is 3. The third-order valence-corrected chi connectivity index (χ3v) is 2.77. The molecule has 0 fully saturated rings. The van der Waals surface area contributed by atoms with Gasteiger partial charge in [0, 0.05) is 0 Å². The van der Waals surface area contributed by atoms with Gasteiger partial charge in [-0.1, -0.05) is 12.1 Å². The molecule has 0 aliphatic carbocycles. The van der Waals surface area contributed by atoms with Crippen LogP contribution in [0.5, 0.6) is 17.2 Å². The molecular formula is C16H15FO4. The Labute approximate surface area is 122 Å². The summed E-state index contributed by atoms with van der Waals surface area (Å²) in [5, 5.41) is 0. The van der Waals surface area contributed by atoms with Gasteiger partial charge in [0.25, 0.3) is 0 Å². The van der Waals surface area contributed by atoms with Crippen LogP contribution in [0.1, 0.15) is 10.4 Å². The predicted octanol–water partition coefficient (Wildman–Crippen LogP) is 3.10. The lowest BCUT2D eigenvalue weighted by atomic mass is 10.2. The van der Waals surface area contributed by atoms with E-state index in [2.05, 4.69) is 0 Å². The van der Waals surface area contributed by atoms with Crippen molar-refractivity contribution in [2.75, 3.05) is 20.3 Å². The minimum Gasteiger partial charge on any atom is -0.493 e. The van der Waals surface area contributed by atoms with Crippen LogP contribution >= 0.6 is 0 Å². The Morgan fingerprint density at radius 3 is 2.33 bits per heavy atom. The monoisotopic (exact) mass is 290 g/mol. The summed E-state index contributed by atoms with van der Waals surface area (Å²) in [4.78, 5) is 10.8. The van der Waals surface area contributed by atoms with Crippen molar-refractivity contribution in [3.63, 3.8) is 0 Å². The van der Waals surface area contributed by atoms with E-state index in [0.717, 1.165) is 6.07 Å². The van der Waals surface area contributed by atoms with Gasteiger partial charge >= 0.3 is 0 Å². The van der Waals surface area contributed by atoms with Crippen molar-refractivity contribution in [1.82, 2.24) is 0 Å². The molecule has 0 radical (unpaired) electrons. The number of carbonyl (C=O) groups excluding carboxylic acids is 1. The Bertz CT molecular complexity index is 613. The highest BCUT2D eigenvalue weighted by molar-refractivity contribution is 5.79. The molecule has 0 saturated heterocycles. The van der Waals surface area contributed by atoms with Crippen LogP contribution in [0.15, 0.2) is 42.5 Å². The maximum Gasteiger partial charge on any atom is 0.161 e. The first-order valence-corrected chi connectivity index (χ1v) is 6.38. The molecule has 0 unspecified atom stereocenters. The molecular weight excluding hydrogens is 275 g/mol. The average Bonchev–Trinajstić information content (AvgIpc) is 2.52. The fraction of sp³-hybridized carbons (Fsp3) is 0.188. The SMILES string of the molecule is COc1ccccc1OCCOc1ccc(F)cc1C=O. The normalized spacial score (nSPS) is 10.0. The van der Waals surface area contributed by atoms with Crippen molar-refractivity contribution in [2.45, 2.75) is 0 Å². The number of rotatable bonds is 7. The summed E-state index contributed by atoms with van der Waals surface area (Å²) < 4.78 is 29.1. The quantitative estimate of drug-likeness (QED) is 0.580. The van der Waals surface area contributed by atoms with Gasteiger partial charge in [-0.25, -0.2) is 4.39 Å². The molecule has 2 aromatic rings. The topological polar surface area (TPSA) is 44.8 Å². The molecule has 0 aromatic heterocycles. The second-order valence-corrected chi connectivity index (χ2v) is 4.15. The molecule has 0 aliphatic heterocycles. The van der Waals surface area contributed by atoms with Crippen molar-refractivity contribution in [1.29, 1.82) is 0 Å². The van der Waals surface area contributed by atoms with Gasteiger partial charge in [0.15, 0.2) is 17.8 Å². The van der Waals surface area contributed by atoms with Gasteiger partial charge in [-0.2, -0.15) is 0 Å². The second kappa shape index (κ2) is 7.28. The van der Waals surface area contributed by atoms with E-state index in [9.17, 15) is 9.18 Å². The van der Waals surface area contributed by atoms with Gasteiger partial charge in [0.05, 0.1) is 12.7 Å². The van der Waals surface area contributed by atoms with Crippen LogP contribution in [0.2, 0.25) is 0 Å². The molecule has 0 heterocycles. The van der Waals surface area contributed by atoms with Crippen molar-refractivity contribution >= 4 is 6.29 Å². The van der Waals surface area contributed by atoms with E-state index in [1.807, 2.05) is 12.1 Å². The van der Waals surface area contributed by atoms with Gasteiger partial charge < -0.3 is 14.2 Å². The minimum absolute atomic E-state index is 0.173. The molecule has 0 N–H and O–H groups in total. The van der Waals surface area contributed by atoms with Crippen LogP contribution in [-0.2, 0) is 0 Å². The van der Waals surface area contributed by atoms with Crippen molar-refractivity contribution in [3.8, 4) is 17.2 Å². The summed E-state index contributed by atoms with van der Waals surface area (Å²) >= 11 is 0. The molecule has 2 rings (SSSR count). The molecule has 0 bridgehead atoms. The molecule has 5 heteroatoms. The summed E-state index contributed by atoms with van der Waals surface area (Å²) in [6.45, 7) is 0.501. The Kier molecular flexibility index (Phi) is 5.15. The third kappa shape index (κ3) is 3.95. The van der Waals surface area contributed by atoms with E-state index in [0.29, 0.717) is 23.5 Å². The summed E-state index contributed by atoms with van der Waals surface area (Å²) in [5.41, 5.74) is 0.173. The molecule has 0 amide bonds. The van der Waals surface area contributed by atoms with Gasteiger partial charge in [-0.3, -0.25) is 4.79 Å². The van der Waals surface area contributed by atoms with E-state index < -0.39 is 5.82 Å². The smallest absolute Gasteiger partial charge is 0.161 e. The number of methoxy groups -OCH3 is 1. The van der Waals surface area contributed by atoms with Crippen LogP contribution < -0.4 is 14.2 Å². The van der Waals surface area contributed by atoms with E-state index in [4.69, 9.17) is 14.2 Å². The minimum atomic E-state index is -0.477. The lowest BCUT2D eigenvalue weighted by Crippen LogP contribution is -2.10. The number of hydrogen-bond donors (Lipinski definition) is 0. The molecule has 0 spiro atoms. The number of aldehydes is 1. The maximum absolute atomic E-state index is 13.0. The Balaban J connectivity index is 1.89. The first-order valence-electron chi connectivity index (χ1n) is 6.38. The van der Waals surface area contributed by atoms with Crippen LogP contribution in [-0.4, -0.2) is 26.6 Å². The first kappa shape index (κ1) is 14.8. The van der Waals surface area contributed by atoms with Gasteiger partial charge in [0.1, 0.15) is 24.8 Å². The lowest BCUT2D eigenvalue weighted by molar-refractivity contribution is 0.111. The highest BCUT2D eigenvalue weighted by Crippen LogP contribution is 2.25. The highest BCUT2D eigenvalue weighted by atomic mass is 19.1. The summed E-state index contributed by atoms with van der Waals surface area (Å²) in [6, 6.07) is 11.0. The fourth-order valence-corrected chi connectivity index (χ4v) is 1.78. The second-order valence-electron chi connectivity index (χ2n) is 4.15. The zero-order valence-electron chi connectivity index (χ0n) is 11.5. The number of para-hydroxylation sites is 2. The molecule has 4 nitrogen and oxygen atoms in total. The zero-order chi connectivity index (χ0) is 15.1. The van der Waals surface area contributed by atoms with E-state index in [1.165, 1.54) is 12.1 Å². The van der Waals surface area contributed by atoms with Crippen molar-refractivity contribution in [3.05, 3.63) is 53.8 Å². The number of halogens is 1. The Morgan fingerprint density at radius 2 is 1.67 bits per heavy atom. The third-order valence-electron chi connectivity index (χ3n) is 2.77. The van der Waals surface area contributed by atoms with Gasteiger partial charge in [-0.05, 0) is 30.3 Å². The van der Waals surface area contributed by atoms with E-state index >= 15 is 0 Å². The van der Waals surface area contributed by atoms with Crippen LogP contribution in [0.3, 0.4) is 0 Å². The molecule has 21 heavy (non-hydrogen) atoms. The number of hydrogen-bond acceptors (Lipinski definition) is 4. The van der Waals surface area contributed by atoms with E-state index in [1.54, 1.807) is 19.2 Å². The van der Waals surface area contributed by atoms with Crippen molar-refractivity contribution in [2.24, 2.45) is 0 Å². The first-order chi connectivity index (χ1) is 10.2. The lowest BCUT2D eigenvalue weighted by Gasteiger charge is -2.12. The number of benzene rings is 2. The summed E-state index contributed by atoms with van der Waals surface area (Å²) in [5.74, 6) is 1.09. The largest absolute Gasteiger partial charge is 0.493 e.